The van der Waals surface area contributed by atoms with Gasteiger partial charge in [-0.15, -0.1) is 0 Å². The van der Waals surface area contributed by atoms with Gasteiger partial charge in [0.25, 0.3) is 0 Å². The topological polar surface area (TPSA) is 98.7 Å². The fourth-order valence-corrected chi connectivity index (χ4v) is 5.15. The van der Waals surface area contributed by atoms with Crippen LogP contribution in [0.3, 0.4) is 0 Å². The average molecular weight is 425 g/mol. The maximum Gasteiger partial charge on any atom is 0.311 e. The molecule has 8 heteroatoms. The number of hydrogen-bond donors (Lipinski definition) is 0. The molecule has 160 valence electrons. The van der Waals surface area contributed by atoms with Crippen LogP contribution in [-0.4, -0.2) is 58.3 Å². The zero-order valence-corrected chi connectivity index (χ0v) is 19.3. The van der Waals surface area contributed by atoms with Crippen molar-refractivity contribution in [3.8, 4) is 0 Å². The number of rotatable bonds is 14. The van der Waals surface area contributed by atoms with Crippen molar-refractivity contribution < 1.29 is 28.2 Å². The first kappa shape index (κ1) is 26.6. The molecule has 2 atom stereocenters. The van der Waals surface area contributed by atoms with E-state index in [1.165, 1.54) is 14.2 Å². The monoisotopic (exact) mass is 424 g/mol. The zero-order chi connectivity index (χ0) is 21.1. The lowest BCUT2D eigenvalue weighted by Crippen LogP contribution is -2.27. The SMILES string of the molecule is COC(=O)C(C)(C)CCC[S+]([O-])CCC[S+]([O-])CCCC(C)(C)C(=O)OC. The van der Waals surface area contributed by atoms with E-state index in [2.05, 4.69) is 0 Å². The first-order chi connectivity index (χ1) is 12.5. The number of methoxy groups -OCH3 is 2. The highest BCUT2D eigenvalue weighted by Gasteiger charge is 2.29. The molecule has 0 aromatic carbocycles. The first-order valence-corrected chi connectivity index (χ1v) is 12.3. The van der Waals surface area contributed by atoms with Gasteiger partial charge in [-0.25, -0.2) is 0 Å². The minimum absolute atomic E-state index is 0.251. The van der Waals surface area contributed by atoms with Crippen molar-refractivity contribution in [2.24, 2.45) is 10.8 Å². The van der Waals surface area contributed by atoms with E-state index in [0.29, 0.717) is 55.1 Å². The number of carbonyl (C=O) groups excluding carboxylic acids is 2. The van der Waals surface area contributed by atoms with Gasteiger partial charge in [0.05, 0.1) is 25.0 Å². The molecule has 0 fully saturated rings. The Labute approximate surface area is 170 Å². The van der Waals surface area contributed by atoms with Crippen molar-refractivity contribution in [3.05, 3.63) is 0 Å². The van der Waals surface area contributed by atoms with E-state index >= 15 is 0 Å². The van der Waals surface area contributed by atoms with Gasteiger partial charge in [-0.05, 0) is 53.4 Å². The molecule has 0 saturated heterocycles. The molecule has 0 N–H and O–H groups in total. The Morgan fingerprint density at radius 2 is 1.00 bits per heavy atom. The van der Waals surface area contributed by atoms with Crippen molar-refractivity contribution in [1.82, 2.24) is 0 Å². The molecule has 0 heterocycles. The Morgan fingerprint density at radius 1 is 0.704 bits per heavy atom. The summed E-state index contributed by atoms with van der Waals surface area (Å²) in [6, 6.07) is 0. The van der Waals surface area contributed by atoms with Gasteiger partial charge in [-0.1, -0.05) is 22.4 Å². The van der Waals surface area contributed by atoms with Crippen LogP contribution in [0, 0.1) is 10.8 Å². The number of hydrogen-bond acceptors (Lipinski definition) is 6. The smallest absolute Gasteiger partial charge is 0.311 e. The Balaban J connectivity index is 3.90. The third kappa shape index (κ3) is 11.2. The normalized spacial score (nSPS) is 14.5. The molecule has 0 aromatic rings. The minimum atomic E-state index is -0.961. The highest BCUT2D eigenvalue weighted by Crippen LogP contribution is 2.25. The number of esters is 2. The second-order valence-corrected chi connectivity index (χ2v) is 11.4. The van der Waals surface area contributed by atoms with E-state index < -0.39 is 33.2 Å². The Bertz CT molecular complexity index is 413. The van der Waals surface area contributed by atoms with Gasteiger partial charge in [0, 0.05) is 6.42 Å². The zero-order valence-electron chi connectivity index (χ0n) is 17.6. The molecule has 0 amide bonds. The van der Waals surface area contributed by atoms with E-state index in [0.717, 1.165) is 0 Å². The van der Waals surface area contributed by atoms with Gasteiger partial charge in [-0.2, -0.15) is 0 Å². The van der Waals surface area contributed by atoms with Crippen LogP contribution < -0.4 is 0 Å². The summed E-state index contributed by atoms with van der Waals surface area (Å²) in [6.07, 6.45) is 3.31. The van der Waals surface area contributed by atoms with E-state index in [9.17, 15) is 18.7 Å². The molecule has 27 heavy (non-hydrogen) atoms. The van der Waals surface area contributed by atoms with Crippen molar-refractivity contribution in [2.75, 3.05) is 37.2 Å². The molecular weight excluding hydrogens is 388 g/mol. The summed E-state index contributed by atoms with van der Waals surface area (Å²) in [7, 11) is 2.75. The van der Waals surface area contributed by atoms with E-state index in [-0.39, 0.29) is 11.9 Å². The average Bonchev–Trinajstić information content (AvgIpc) is 2.59. The van der Waals surface area contributed by atoms with Gasteiger partial charge in [0.2, 0.25) is 0 Å². The van der Waals surface area contributed by atoms with Crippen LogP contribution in [-0.2, 0) is 41.4 Å². The van der Waals surface area contributed by atoms with Gasteiger partial charge in [0.15, 0.2) is 0 Å². The maximum atomic E-state index is 12.0. The summed E-state index contributed by atoms with van der Waals surface area (Å²) in [5, 5.41) is 0. The molecule has 0 aliphatic rings. The molecule has 0 radical (unpaired) electrons. The fraction of sp³-hybridized carbons (Fsp3) is 0.895. The molecule has 0 rings (SSSR count). The lowest BCUT2D eigenvalue weighted by atomic mass is 9.88. The van der Waals surface area contributed by atoms with Crippen LogP contribution in [0.2, 0.25) is 0 Å². The summed E-state index contributed by atoms with van der Waals surface area (Å²) in [6.45, 7) is 7.30. The minimum Gasteiger partial charge on any atom is -0.616 e. The van der Waals surface area contributed by atoms with Crippen LogP contribution in [0.4, 0.5) is 0 Å². The highest BCUT2D eigenvalue weighted by molar-refractivity contribution is 7.92. The summed E-state index contributed by atoms with van der Waals surface area (Å²) >= 11 is -1.92. The van der Waals surface area contributed by atoms with Gasteiger partial charge >= 0.3 is 11.9 Å². The summed E-state index contributed by atoms with van der Waals surface area (Å²) in [5.74, 6) is 1.63. The quantitative estimate of drug-likeness (QED) is 0.314. The van der Waals surface area contributed by atoms with E-state index in [1.54, 1.807) is 0 Å². The Hall–Kier alpha value is -0.440. The summed E-state index contributed by atoms with van der Waals surface area (Å²) in [4.78, 5) is 23.2. The lowest BCUT2D eigenvalue weighted by Gasteiger charge is -2.22. The first-order valence-electron chi connectivity index (χ1n) is 9.33. The van der Waals surface area contributed by atoms with Crippen LogP contribution in [0.15, 0.2) is 0 Å². The van der Waals surface area contributed by atoms with E-state index in [1.807, 2.05) is 27.7 Å². The van der Waals surface area contributed by atoms with Crippen molar-refractivity contribution >= 4 is 34.3 Å². The Kier molecular flexibility index (Phi) is 12.7. The van der Waals surface area contributed by atoms with Gasteiger partial charge in [-0.3, -0.25) is 9.59 Å². The van der Waals surface area contributed by atoms with Crippen LogP contribution in [0.1, 0.15) is 59.8 Å². The van der Waals surface area contributed by atoms with Crippen LogP contribution in [0.5, 0.6) is 0 Å². The predicted octanol–water partition coefficient (Wildman–Crippen LogP) is 2.83. The van der Waals surface area contributed by atoms with Gasteiger partial charge in [0.1, 0.15) is 23.0 Å². The second-order valence-electron chi connectivity index (χ2n) is 8.01. The molecule has 6 nitrogen and oxygen atoms in total. The van der Waals surface area contributed by atoms with Crippen molar-refractivity contribution in [1.29, 1.82) is 0 Å². The molecule has 0 saturated carbocycles. The van der Waals surface area contributed by atoms with E-state index in [4.69, 9.17) is 9.47 Å². The molecule has 0 spiro atoms. The summed E-state index contributed by atoms with van der Waals surface area (Å²) in [5.41, 5.74) is -1.11. The molecule has 0 bridgehead atoms. The standard InChI is InChI=1S/C19H36O6S2/c1-18(2,16(20)24-5)10-7-12-26(22)14-9-15-27(23)13-8-11-19(3,4)17(21)25-6/h7-15H2,1-6H3. The molecule has 0 aromatic heterocycles. The van der Waals surface area contributed by atoms with Crippen LogP contribution >= 0.6 is 0 Å². The third-order valence-corrected chi connectivity index (χ3v) is 7.54. The number of carbonyl (C=O) groups is 2. The fourth-order valence-electron chi connectivity index (χ4n) is 2.69. The van der Waals surface area contributed by atoms with Crippen molar-refractivity contribution in [3.63, 3.8) is 0 Å². The lowest BCUT2D eigenvalue weighted by molar-refractivity contribution is -0.151. The van der Waals surface area contributed by atoms with Crippen LogP contribution in [0.25, 0.3) is 0 Å². The maximum absolute atomic E-state index is 12.0. The van der Waals surface area contributed by atoms with Gasteiger partial charge < -0.3 is 18.6 Å². The molecular formula is C19H36O6S2. The molecule has 2 unspecified atom stereocenters. The van der Waals surface area contributed by atoms with Crippen molar-refractivity contribution in [2.45, 2.75) is 59.8 Å². The second kappa shape index (κ2) is 12.9. The third-order valence-electron chi connectivity index (χ3n) is 4.57. The largest absolute Gasteiger partial charge is 0.616 e. The molecule has 0 aliphatic heterocycles. The predicted molar refractivity (Wildman–Crippen MR) is 110 cm³/mol. The summed E-state index contributed by atoms with van der Waals surface area (Å²) < 4.78 is 33.6. The number of ether oxygens (including phenoxy) is 2. The highest BCUT2D eigenvalue weighted by atomic mass is 32.2. The Morgan fingerprint density at radius 3 is 1.30 bits per heavy atom. The molecule has 0 aliphatic carbocycles.